The molecule has 0 saturated heterocycles. The third-order valence-corrected chi connectivity index (χ3v) is 6.12. The van der Waals surface area contributed by atoms with Gasteiger partial charge in [0.1, 0.15) is 5.82 Å². The molecule has 0 aliphatic heterocycles. The highest BCUT2D eigenvalue weighted by molar-refractivity contribution is 5.81. The first-order chi connectivity index (χ1) is 14.1. The molecule has 2 aromatic carbocycles. The van der Waals surface area contributed by atoms with Crippen LogP contribution < -0.4 is 5.32 Å². The number of carbonyl (C=O) groups excluding carboxylic acids is 1. The highest BCUT2D eigenvalue weighted by atomic mass is 16.2. The molecule has 3 aromatic rings. The second kappa shape index (κ2) is 8.63. The Morgan fingerprint density at radius 1 is 1.03 bits per heavy atom. The van der Waals surface area contributed by atoms with Crippen molar-refractivity contribution in [3.8, 4) is 0 Å². The number of nitrogens with one attached hydrogen (secondary N) is 1. The Kier molecular flexibility index (Phi) is 6.35. The van der Waals surface area contributed by atoms with Gasteiger partial charge in [0.05, 0.1) is 11.0 Å². The van der Waals surface area contributed by atoms with Crippen molar-refractivity contribution in [1.82, 2.24) is 14.9 Å². The number of benzene rings is 2. The van der Waals surface area contributed by atoms with E-state index in [0.717, 1.165) is 30.7 Å². The molecular formula is C26H35N3O. The van der Waals surface area contributed by atoms with Gasteiger partial charge in [-0.3, -0.25) is 4.79 Å². The molecule has 0 fully saturated rings. The molecule has 0 bridgehead atoms. The minimum Gasteiger partial charge on any atom is -0.356 e. The molecule has 0 radical (unpaired) electrons. The van der Waals surface area contributed by atoms with Crippen LogP contribution in [0.3, 0.4) is 0 Å². The van der Waals surface area contributed by atoms with Crippen molar-refractivity contribution in [3.63, 3.8) is 0 Å². The van der Waals surface area contributed by atoms with Crippen molar-refractivity contribution < 1.29 is 4.79 Å². The summed E-state index contributed by atoms with van der Waals surface area (Å²) in [5.41, 5.74) is 8.63. The van der Waals surface area contributed by atoms with Gasteiger partial charge >= 0.3 is 0 Å². The van der Waals surface area contributed by atoms with E-state index in [1.54, 1.807) is 0 Å². The largest absolute Gasteiger partial charge is 0.356 e. The molecule has 0 saturated carbocycles. The van der Waals surface area contributed by atoms with Crippen LogP contribution in [0.1, 0.15) is 60.8 Å². The summed E-state index contributed by atoms with van der Waals surface area (Å²) in [5.74, 6) is 1.18. The molecule has 1 amide bonds. The highest BCUT2D eigenvalue weighted by Crippen LogP contribution is 2.26. The van der Waals surface area contributed by atoms with Crippen LogP contribution in [0.15, 0.2) is 30.3 Å². The minimum absolute atomic E-state index is 0.0949. The third kappa shape index (κ3) is 4.58. The van der Waals surface area contributed by atoms with Crippen LogP contribution in [0.5, 0.6) is 0 Å². The number of nitrogens with zero attached hydrogens (tertiary/aromatic N) is 2. The fourth-order valence-electron chi connectivity index (χ4n) is 3.90. The van der Waals surface area contributed by atoms with Crippen LogP contribution in [-0.4, -0.2) is 22.0 Å². The lowest BCUT2D eigenvalue weighted by Gasteiger charge is -2.18. The van der Waals surface area contributed by atoms with Crippen LogP contribution in [0.25, 0.3) is 11.0 Å². The van der Waals surface area contributed by atoms with Gasteiger partial charge in [-0.2, -0.15) is 0 Å². The number of hydrogen-bond acceptors (Lipinski definition) is 2. The topological polar surface area (TPSA) is 46.9 Å². The molecule has 4 heteroatoms. The summed E-state index contributed by atoms with van der Waals surface area (Å²) in [5, 5.41) is 3.05. The number of carbonyl (C=O) groups is 1. The van der Waals surface area contributed by atoms with Crippen LogP contribution >= 0.6 is 0 Å². The molecule has 1 aromatic heterocycles. The molecule has 0 aliphatic rings. The molecule has 0 unspecified atom stereocenters. The average molecular weight is 406 g/mol. The summed E-state index contributed by atoms with van der Waals surface area (Å²) in [6, 6.07) is 10.6. The van der Waals surface area contributed by atoms with Crippen molar-refractivity contribution in [2.45, 2.75) is 67.9 Å². The summed E-state index contributed by atoms with van der Waals surface area (Å²) in [6.45, 7) is 16.1. The van der Waals surface area contributed by atoms with Crippen molar-refractivity contribution in [1.29, 1.82) is 0 Å². The Balaban J connectivity index is 1.87. The maximum Gasteiger partial charge on any atom is 0.225 e. The summed E-state index contributed by atoms with van der Waals surface area (Å²) < 4.78 is 2.36. The molecule has 0 atom stereocenters. The molecular weight excluding hydrogens is 370 g/mol. The number of hydrogen-bond donors (Lipinski definition) is 1. The van der Waals surface area contributed by atoms with Gasteiger partial charge in [-0.1, -0.05) is 39.0 Å². The van der Waals surface area contributed by atoms with E-state index in [9.17, 15) is 4.79 Å². The van der Waals surface area contributed by atoms with Gasteiger partial charge in [-0.25, -0.2) is 4.98 Å². The Morgan fingerprint density at radius 2 is 1.67 bits per heavy atom. The average Bonchev–Trinajstić information content (AvgIpc) is 3.03. The van der Waals surface area contributed by atoms with Gasteiger partial charge in [0.2, 0.25) is 5.91 Å². The van der Waals surface area contributed by atoms with E-state index in [1.807, 2.05) is 26.8 Å². The van der Waals surface area contributed by atoms with E-state index in [1.165, 1.54) is 33.3 Å². The molecule has 30 heavy (non-hydrogen) atoms. The third-order valence-electron chi connectivity index (χ3n) is 6.12. The highest BCUT2D eigenvalue weighted by Gasteiger charge is 2.20. The lowest BCUT2D eigenvalue weighted by atomic mass is 9.94. The van der Waals surface area contributed by atoms with Crippen LogP contribution in [0.4, 0.5) is 0 Å². The van der Waals surface area contributed by atoms with Gasteiger partial charge in [0, 0.05) is 24.9 Å². The summed E-state index contributed by atoms with van der Waals surface area (Å²) in [4.78, 5) is 17.1. The molecule has 160 valence electrons. The molecule has 1 N–H and O–H groups in total. The Labute approximate surface area is 180 Å². The van der Waals surface area contributed by atoms with E-state index < -0.39 is 0 Å². The Hall–Kier alpha value is -2.62. The minimum atomic E-state index is -0.356. The van der Waals surface area contributed by atoms with Crippen LogP contribution in [-0.2, 0) is 17.8 Å². The van der Waals surface area contributed by atoms with Crippen molar-refractivity contribution in [2.24, 2.45) is 5.41 Å². The second-order valence-corrected chi connectivity index (χ2v) is 9.45. The van der Waals surface area contributed by atoms with E-state index in [2.05, 4.69) is 61.8 Å². The molecule has 0 aliphatic carbocycles. The summed E-state index contributed by atoms with van der Waals surface area (Å²) in [6.07, 6.45) is 1.71. The number of rotatable bonds is 6. The molecule has 0 spiro atoms. The standard InChI is InChI=1S/C26H35N3O/c1-17-15-18(2)20(4)21(19(17)3)16-29-23-12-9-8-11-22(23)28-24(29)13-10-14-27-25(30)26(5,6)7/h8-9,11-12,15H,10,13-14,16H2,1-7H3,(H,27,30). The molecule has 3 rings (SSSR count). The normalized spacial score (nSPS) is 11.8. The maximum absolute atomic E-state index is 12.1. The van der Waals surface area contributed by atoms with Gasteiger partial charge in [-0.05, 0) is 74.1 Å². The number of aryl methyl sites for hydroxylation is 3. The predicted molar refractivity (Wildman–Crippen MR) is 125 cm³/mol. The van der Waals surface area contributed by atoms with Gasteiger partial charge in [0.25, 0.3) is 0 Å². The van der Waals surface area contributed by atoms with Gasteiger partial charge < -0.3 is 9.88 Å². The second-order valence-electron chi connectivity index (χ2n) is 9.45. The number of fused-ring (bicyclic) bond motifs is 1. The van der Waals surface area contributed by atoms with Crippen molar-refractivity contribution in [3.05, 3.63) is 64.0 Å². The number of amides is 1. The predicted octanol–water partition coefficient (Wildman–Crippen LogP) is 5.41. The maximum atomic E-state index is 12.1. The zero-order chi connectivity index (χ0) is 22.1. The smallest absolute Gasteiger partial charge is 0.225 e. The Bertz CT molecular complexity index is 1040. The fraction of sp³-hybridized carbons (Fsp3) is 0.462. The quantitative estimate of drug-likeness (QED) is 0.557. The molecule has 4 nitrogen and oxygen atoms in total. The van der Waals surface area contributed by atoms with E-state index in [4.69, 9.17) is 4.98 Å². The first kappa shape index (κ1) is 22.1. The van der Waals surface area contributed by atoms with E-state index in [-0.39, 0.29) is 11.3 Å². The van der Waals surface area contributed by atoms with Crippen LogP contribution in [0, 0.1) is 33.1 Å². The lowest BCUT2D eigenvalue weighted by Crippen LogP contribution is -2.35. The fourth-order valence-corrected chi connectivity index (χ4v) is 3.90. The zero-order valence-corrected chi connectivity index (χ0v) is 19.5. The SMILES string of the molecule is Cc1cc(C)c(C)c(Cn2c(CCCNC(=O)C(C)(C)C)nc3ccccc32)c1C. The van der Waals surface area contributed by atoms with E-state index >= 15 is 0 Å². The monoisotopic (exact) mass is 405 g/mol. The zero-order valence-electron chi connectivity index (χ0n) is 19.5. The summed E-state index contributed by atoms with van der Waals surface area (Å²) in [7, 11) is 0. The number of aromatic nitrogens is 2. The van der Waals surface area contributed by atoms with Gasteiger partial charge in [0.15, 0.2) is 0 Å². The lowest BCUT2D eigenvalue weighted by molar-refractivity contribution is -0.128. The van der Waals surface area contributed by atoms with E-state index in [0.29, 0.717) is 6.54 Å². The number of para-hydroxylation sites is 2. The van der Waals surface area contributed by atoms with Crippen LogP contribution in [0.2, 0.25) is 0 Å². The Morgan fingerprint density at radius 3 is 2.30 bits per heavy atom. The number of imidazole rings is 1. The molecule has 1 heterocycles. The summed E-state index contributed by atoms with van der Waals surface area (Å²) >= 11 is 0. The van der Waals surface area contributed by atoms with Crippen molar-refractivity contribution >= 4 is 16.9 Å². The van der Waals surface area contributed by atoms with Gasteiger partial charge in [-0.15, -0.1) is 0 Å². The first-order valence-corrected chi connectivity index (χ1v) is 10.9. The first-order valence-electron chi connectivity index (χ1n) is 10.9. The van der Waals surface area contributed by atoms with Crippen molar-refractivity contribution in [2.75, 3.05) is 6.54 Å².